The zero-order chi connectivity index (χ0) is 12.0. The molecule has 0 aliphatic heterocycles. The molecular formula is C11H12ClF3O. The Hall–Kier alpha value is -0.900. The highest BCUT2D eigenvalue weighted by atomic mass is 35.5. The van der Waals surface area contributed by atoms with Crippen LogP contribution in [0.15, 0.2) is 24.3 Å². The monoisotopic (exact) mass is 252 g/mol. The van der Waals surface area contributed by atoms with E-state index in [-0.39, 0.29) is 13.0 Å². The molecule has 0 saturated heterocycles. The molecule has 0 heterocycles. The second kappa shape index (κ2) is 5.99. The maximum atomic E-state index is 11.8. The van der Waals surface area contributed by atoms with Crippen molar-refractivity contribution in [2.45, 2.75) is 24.9 Å². The highest BCUT2D eigenvalue weighted by Gasteiger charge is 2.25. The smallest absolute Gasteiger partial charge is 0.389 e. The van der Waals surface area contributed by atoms with Crippen molar-refractivity contribution >= 4 is 11.6 Å². The highest BCUT2D eigenvalue weighted by molar-refractivity contribution is 6.17. The first-order chi connectivity index (χ1) is 7.51. The van der Waals surface area contributed by atoms with Gasteiger partial charge in [0.2, 0.25) is 0 Å². The molecule has 1 aromatic carbocycles. The van der Waals surface area contributed by atoms with E-state index in [1.54, 1.807) is 24.3 Å². The lowest BCUT2D eigenvalue weighted by molar-refractivity contribution is -0.136. The van der Waals surface area contributed by atoms with Crippen molar-refractivity contribution in [3.8, 4) is 5.75 Å². The summed E-state index contributed by atoms with van der Waals surface area (Å²) < 4.78 is 40.6. The molecule has 1 aromatic rings. The molecule has 16 heavy (non-hydrogen) atoms. The standard InChI is InChI=1S/C11H12ClF3O/c12-8-9-2-4-10(5-3-9)16-7-1-6-11(13,14)15/h2-5H,1,6-8H2. The number of halogens is 4. The Kier molecular flexibility index (Phi) is 4.93. The number of rotatable bonds is 5. The lowest BCUT2D eigenvalue weighted by Crippen LogP contribution is -2.09. The summed E-state index contributed by atoms with van der Waals surface area (Å²) in [4.78, 5) is 0. The summed E-state index contributed by atoms with van der Waals surface area (Å²) in [6.07, 6.45) is -4.95. The van der Waals surface area contributed by atoms with E-state index in [4.69, 9.17) is 16.3 Å². The van der Waals surface area contributed by atoms with Crippen molar-refractivity contribution in [1.82, 2.24) is 0 Å². The van der Waals surface area contributed by atoms with Gasteiger partial charge in [0.25, 0.3) is 0 Å². The van der Waals surface area contributed by atoms with Crippen molar-refractivity contribution < 1.29 is 17.9 Å². The minimum atomic E-state index is -4.11. The number of ether oxygens (including phenoxy) is 1. The zero-order valence-electron chi connectivity index (χ0n) is 8.56. The van der Waals surface area contributed by atoms with Crippen LogP contribution in [0.3, 0.4) is 0 Å². The number of hydrogen-bond donors (Lipinski definition) is 0. The van der Waals surface area contributed by atoms with E-state index in [0.717, 1.165) is 5.56 Å². The van der Waals surface area contributed by atoms with Crippen LogP contribution in [0, 0.1) is 0 Å². The average molecular weight is 253 g/mol. The van der Waals surface area contributed by atoms with Gasteiger partial charge in [0.15, 0.2) is 0 Å². The van der Waals surface area contributed by atoms with E-state index in [1.807, 2.05) is 0 Å². The van der Waals surface area contributed by atoms with E-state index in [1.165, 1.54) is 0 Å². The van der Waals surface area contributed by atoms with Gasteiger partial charge in [-0.15, -0.1) is 11.6 Å². The Bertz CT molecular complexity index is 308. The minimum absolute atomic E-state index is 0.0270. The second-order valence-electron chi connectivity index (χ2n) is 3.34. The zero-order valence-corrected chi connectivity index (χ0v) is 9.31. The van der Waals surface area contributed by atoms with Gasteiger partial charge in [-0.3, -0.25) is 0 Å². The van der Waals surface area contributed by atoms with Gasteiger partial charge < -0.3 is 4.74 Å². The molecule has 0 aliphatic rings. The molecule has 0 spiro atoms. The van der Waals surface area contributed by atoms with Gasteiger partial charge in [-0.05, 0) is 24.1 Å². The number of alkyl halides is 4. The predicted molar refractivity (Wildman–Crippen MR) is 56.8 cm³/mol. The van der Waals surface area contributed by atoms with E-state index in [2.05, 4.69) is 0 Å². The van der Waals surface area contributed by atoms with Crippen LogP contribution >= 0.6 is 11.6 Å². The molecule has 0 radical (unpaired) electrons. The van der Waals surface area contributed by atoms with Gasteiger partial charge in [-0.25, -0.2) is 0 Å². The van der Waals surface area contributed by atoms with Crippen LogP contribution in [-0.2, 0) is 5.88 Å². The van der Waals surface area contributed by atoms with Crippen molar-refractivity contribution in [1.29, 1.82) is 0 Å². The third kappa shape index (κ3) is 5.26. The molecule has 5 heteroatoms. The molecule has 0 bridgehead atoms. The van der Waals surface area contributed by atoms with Crippen molar-refractivity contribution in [2.75, 3.05) is 6.61 Å². The first kappa shape index (κ1) is 13.2. The SMILES string of the molecule is FC(F)(F)CCCOc1ccc(CCl)cc1. The quantitative estimate of drug-likeness (QED) is 0.565. The molecule has 0 atom stereocenters. The summed E-state index contributed by atoms with van der Waals surface area (Å²) in [5.74, 6) is 0.977. The van der Waals surface area contributed by atoms with E-state index >= 15 is 0 Å². The molecule has 90 valence electrons. The average Bonchev–Trinajstić information content (AvgIpc) is 2.24. The Balaban J connectivity index is 2.27. The maximum absolute atomic E-state index is 11.8. The first-order valence-electron chi connectivity index (χ1n) is 4.86. The molecule has 1 rings (SSSR count). The van der Waals surface area contributed by atoms with Gasteiger partial charge in [0.05, 0.1) is 6.61 Å². The summed E-state index contributed by atoms with van der Waals surface area (Å²) in [7, 11) is 0. The summed E-state index contributed by atoms with van der Waals surface area (Å²) in [5.41, 5.74) is 0.948. The predicted octanol–water partition coefficient (Wildman–Crippen LogP) is 4.15. The van der Waals surface area contributed by atoms with Crippen LogP contribution in [0.1, 0.15) is 18.4 Å². The molecule has 0 fully saturated rings. The van der Waals surface area contributed by atoms with E-state index in [0.29, 0.717) is 11.6 Å². The normalized spacial score (nSPS) is 11.5. The van der Waals surface area contributed by atoms with Crippen LogP contribution in [0.5, 0.6) is 5.75 Å². The van der Waals surface area contributed by atoms with Gasteiger partial charge in [0.1, 0.15) is 5.75 Å². The maximum Gasteiger partial charge on any atom is 0.389 e. The highest BCUT2D eigenvalue weighted by Crippen LogP contribution is 2.21. The Labute approximate surface area is 97.2 Å². The van der Waals surface area contributed by atoms with Crippen LogP contribution in [0.4, 0.5) is 13.2 Å². The van der Waals surface area contributed by atoms with Gasteiger partial charge in [0, 0.05) is 12.3 Å². The molecular weight excluding hydrogens is 241 g/mol. The number of benzene rings is 1. The fourth-order valence-electron chi connectivity index (χ4n) is 1.14. The van der Waals surface area contributed by atoms with E-state index in [9.17, 15) is 13.2 Å². The summed E-state index contributed by atoms with van der Waals surface area (Å²) in [5, 5.41) is 0. The fraction of sp³-hybridized carbons (Fsp3) is 0.455. The van der Waals surface area contributed by atoms with Gasteiger partial charge in [-0.1, -0.05) is 12.1 Å². The Morgan fingerprint density at radius 2 is 1.75 bits per heavy atom. The topological polar surface area (TPSA) is 9.23 Å². The molecule has 0 N–H and O–H groups in total. The van der Waals surface area contributed by atoms with E-state index < -0.39 is 12.6 Å². The largest absolute Gasteiger partial charge is 0.494 e. The van der Waals surface area contributed by atoms with Crippen molar-refractivity contribution in [3.05, 3.63) is 29.8 Å². The summed E-state index contributed by atoms with van der Waals surface area (Å²) in [6.45, 7) is 0.0692. The van der Waals surface area contributed by atoms with Crippen molar-refractivity contribution in [3.63, 3.8) is 0 Å². The lowest BCUT2D eigenvalue weighted by Gasteiger charge is -2.08. The van der Waals surface area contributed by atoms with Crippen LogP contribution < -0.4 is 4.74 Å². The minimum Gasteiger partial charge on any atom is -0.494 e. The molecule has 0 aliphatic carbocycles. The van der Waals surface area contributed by atoms with Crippen LogP contribution in [0.2, 0.25) is 0 Å². The van der Waals surface area contributed by atoms with Crippen molar-refractivity contribution in [2.24, 2.45) is 0 Å². The third-order valence-corrected chi connectivity index (χ3v) is 2.26. The molecule has 0 saturated carbocycles. The molecule has 0 aromatic heterocycles. The van der Waals surface area contributed by atoms with Crippen LogP contribution in [-0.4, -0.2) is 12.8 Å². The van der Waals surface area contributed by atoms with Crippen LogP contribution in [0.25, 0.3) is 0 Å². The second-order valence-corrected chi connectivity index (χ2v) is 3.61. The Morgan fingerprint density at radius 1 is 1.12 bits per heavy atom. The molecule has 0 unspecified atom stereocenters. The van der Waals surface area contributed by atoms with Gasteiger partial charge >= 0.3 is 6.18 Å². The fourth-order valence-corrected chi connectivity index (χ4v) is 1.32. The Morgan fingerprint density at radius 3 is 2.25 bits per heavy atom. The lowest BCUT2D eigenvalue weighted by atomic mass is 10.2. The number of hydrogen-bond acceptors (Lipinski definition) is 1. The molecule has 0 amide bonds. The summed E-state index contributed by atoms with van der Waals surface area (Å²) in [6, 6.07) is 6.97. The van der Waals surface area contributed by atoms with Gasteiger partial charge in [-0.2, -0.15) is 13.2 Å². The molecule has 1 nitrogen and oxygen atoms in total. The summed E-state index contributed by atoms with van der Waals surface area (Å²) >= 11 is 5.59. The third-order valence-electron chi connectivity index (χ3n) is 1.95. The first-order valence-corrected chi connectivity index (χ1v) is 5.39.